The van der Waals surface area contributed by atoms with E-state index in [9.17, 15) is 0 Å². The third-order valence-electron chi connectivity index (χ3n) is 2.95. The molecule has 0 spiro atoms. The van der Waals surface area contributed by atoms with Crippen molar-refractivity contribution in [2.75, 3.05) is 6.54 Å². The highest BCUT2D eigenvalue weighted by atomic mass is 16.5. The second kappa shape index (κ2) is 6.06. The molecule has 0 heterocycles. The molecule has 2 heteroatoms. The Kier molecular flexibility index (Phi) is 4.43. The van der Waals surface area contributed by atoms with E-state index in [2.05, 4.69) is 43.4 Å². The van der Waals surface area contributed by atoms with Crippen molar-refractivity contribution >= 4 is 0 Å². The molecule has 0 aliphatic heterocycles. The predicted molar refractivity (Wildman–Crippen MR) is 71.6 cm³/mol. The maximum absolute atomic E-state index is 5.62. The van der Waals surface area contributed by atoms with Crippen molar-refractivity contribution in [1.29, 1.82) is 0 Å². The van der Waals surface area contributed by atoms with Gasteiger partial charge in [0.15, 0.2) is 0 Å². The normalized spacial score (nSPS) is 15.2. The van der Waals surface area contributed by atoms with Crippen LogP contribution in [-0.2, 0) is 6.42 Å². The van der Waals surface area contributed by atoms with Gasteiger partial charge in [-0.2, -0.15) is 0 Å². The summed E-state index contributed by atoms with van der Waals surface area (Å²) >= 11 is 0. The number of aryl methyl sites for hydroxylation is 1. The number of hydrogen-bond acceptors (Lipinski definition) is 2. The molecule has 0 aromatic heterocycles. The summed E-state index contributed by atoms with van der Waals surface area (Å²) in [4.78, 5) is 0. The first-order valence-electron chi connectivity index (χ1n) is 6.73. The quantitative estimate of drug-likeness (QED) is 0.730. The van der Waals surface area contributed by atoms with Crippen LogP contribution in [-0.4, -0.2) is 18.7 Å². The topological polar surface area (TPSA) is 21.3 Å². The average Bonchev–Trinajstić information content (AvgIpc) is 3.10. The zero-order valence-corrected chi connectivity index (χ0v) is 10.9. The minimum atomic E-state index is 0.253. The van der Waals surface area contributed by atoms with Crippen molar-refractivity contribution in [3.8, 4) is 5.75 Å². The molecule has 2 nitrogen and oxygen atoms in total. The van der Waals surface area contributed by atoms with E-state index >= 15 is 0 Å². The van der Waals surface area contributed by atoms with Crippen LogP contribution < -0.4 is 10.1 Å². The summed E-state index contributed by atoms with van der Waals surface area (Å²) < 4.78 is 5.62. The maximum atomic E-state index is 5.62. The lowest BCUT2D eigenvalue weighted by Gasteiger charge is -2.10. The van der Waals surface area contributed by atoms with E-state index in [0.717, 1.165) is 24.8 Å². The van der Waals surface area contributed by atoms with Gasteiger partial charge in [0.05, 0.1) is 6.10 Å². The van der Waals surface area contributed by atoms with Crippen molar-refractivity contribution in [3.63, 3.8) is 0 Å². The number of benzene rings is 1. The zero-order chi connectivity index (χ0) is 12.1. The predicted octanol–water partition coefficient (Wildman–Crippen LogP) is 3.16. The van der Waals surface area contributed by atoms with Gasteiger partial charge in [0.2, 0.25) is 0 Å². The summed E-state index contributed by atoms with van der Waals surface area (Å²) in [5, 5.41) is 3.54. The van der Waals surface area contributed by atoms with Crippen LogP contribution in [0.15, 0.2) is 24.3 Å². The van der Waals surface area contributed by atoms with E-state index in [4.69, 9.17) is 4.74 Å². The number of ether oxygens (including phenoxy) is 1. The number of hydrogen-bond donors (Lipinski definition) is 1. The van der Waals surface area contributed by atoms with Gasteiger partial charge in [-0.25, -0.2) is 0 Å². The summed E-state index contributed by atoms with van der Waals surface area (Å²) in [7, 11) is 0. The van der Waals surface area contributed by atoms with Gasteiger partial charge < -0.3 is 10.1 Å². The van der Waals surface area contributed by atoms with Gasteiger partial charge in [0.25, 0.3) is 0 Å². The molecule has 1 aromatic carbocycles. The maximum Gasteiger partial charge on any atom is 0.119 e. The summed E-state index contributed by atoms with van der Waals surface area (Å²) in [5.41, 5.74) is 1.40. The summed E-state index contributed by atoms with van der Waals surface area (Å²) in [5.74, 6) is 0.972. The molecule has 1 aliphatic carbocycles. The largest absolute Gasteiger partial charge is 0.491 e. The van der Waals surface area contributed by atoms with Crippen molar-refractivity contribution in [1.82, 2.24) is 5.32 Å². The minimum absolute atomic E-state index is 0.253. The molecule has 17 heavy (non-hydrogen) atoms. The first-order chi connectivity index (χ1) is 8.24. The van der Waals surface area contributed by atoms with E-state index < -0.39 is 0 Å². The van der Waals surface area contributed by atoms with Crippen LogP contribution in [0.4, 0.5) is 0 Å². The molecule has 1 N–H and O–H groups in total. The van der Waals surface area contributed by atoms with Gasteiger partial charge in [-0.1, -0.05) is 12.1 Å². The Morgan fingerprint density at radius 1 is 1.24 bits per heavy atom. The molecular formula is C15H23NO. The third kappa shape index (κ3) is 4.78. The summed E-state index contributed by atoms with van der Waals surface area (Å²) in [6.07, 6.45) is 5.38. The molecule has 0 amide bonds. The van der Waals surface area contributed by atoms with Crippen LogP contribution >= 0.6 is 0 Å². The van der Waals surface area contributed by atoms with E-state index in [0.29, 0.717) is 0 Å². The van der Waals surface area contributed by atoms with E-state index in [-0.39, 0.29) is 6.10 Å². The van der Waals surface area contributed by atoms with Gasteiger partial charge in [-0.15, -0.1) is 0 Å². The van der Waals surface area contributed by atoms with E-state index in [1.54, 1.807) is 0 Å². The van der Waals surface area contributed by atoms with Gasteiger partial charge in [-0.3, -0.25) is 0 Å². The molecule has 1 fully saturated rings. The molecule has 1 saturated carbocycles. The lowest BCUT2D eigenvalue weighted by molar-refractivity contribution is 0.242. The molecule has 2 rings (SSSR count). The fraction of sp³-hybridized carbons (Fsp3) is 0.600. The van der Waals surface area contributed by atoms with Crippen LogP contribution in [0.1, 0.15) is 38.7 Å². The number of nitrogens with one attached hydrogen (secondary N) is 1. The van der Waals surface area contributed by atoms with Crippen LogP contribution in [0.25, 0.3) is 0 Å². The molecule has 0 unspecified atom stereocenters. The van der Waals surface area contributed by atoms with Crippen LogP contribution in [0, 0.1) is 0 Å². The first-order valence-corrected chi connectivity index (χ1v) is 6.73. The Labute approximate surface area is 104 Å². The standard InChI is InChI=1S/C15H23NO/c1-12(2)17-15-9-5-13(6-10-15)4-3-11-16-14-7-8-14/h5-6,9-10,12,14,16H,3-4,7-8,11H2,1-2H3. The second-order valence-electron chi connectivity index (χ2n) is 5.14. The SMILES string of the molecule is CC(C)Oc1ccc(CCCNC2CC2)cc1. The van der Waals surface area contributed by atoms with Gasteiger partial charge >= 0.3 is 0 Å². The average molecular weight is 233 g/mol. The Morgan fingerprint density at radius 3 is 2.53 bits per heavy atom. The first kappa shape index (κ1) is 12.4. The van der Waals surface area contributed by atoms with E-state index in [1.165, 1.54) is 24.8 Å². The van der Waals surface area contributed by atoms with Gasteiger partial charge in [-0.05, 0) is 63.8 Å². The highest BCUT2D eigenvalue weighted by molar-refractivity contribution is 5.27. The van der Waals surface area contributed by atoms with Crippen molar-refractivity contribution in [2.24, 2.45) is 0 Å². The summed E-state index contributed by atoms with van der Waals surface area (Å²) in [6, 6.07) is 9.33. The Bertz CT molecular complexity index is 327. The van der Waals surface area contributed by atoms with Crippen molar-refractivity contribution in [2.45, 2.75) is 51.7 Å². The number of rotatable bonds is 7. The monoisotopic (exact) mass is 233 g/mol. The van der Waals surface area contributed by atoms with Crippen LogP contribution in [0.2, 0.25) is 0 Å². The lowest BCUT2D eigenvalue weighted by atomic mass is 10.1. The van der Waals surface area contributed by atoms with Gasteiger partial charge in [0.1, 0.15) is 5.75 Å². The Balaban J connectivity index is 1.69. The molecule has 94 valence electrons. The molecular weight excluding hydrogens is 210 g/mol. The molecule has 1 aromatic rings. The van der Waals surface area contributed by atoms with Gasteiger partial charge in [0, 0.05) is 6.04 Å². The van der Waals surface area contributed by atoms with Crippen LogP contribution in [0.5, 0.6) is 5.75 Å². The Hall–Kier alpha value is -1.02. The third-order valence-corrected chi connectivity index (χ3v) is 2.95. The molecule has 0 bridgehead atoms. The highest BCUT2D eigenvalue weighted by Gasteiger charge is 2.19. The smallest absolute Gasteiger partial charge is 0.119 e. The molecule has 0 atom stereocenters. The van der Waals surface area contributed by atoms with Crippen LogP contribution in [0.3, 0.4) is 0 Å². The highest BCUT2D eigenvalue weighted by Crippen LogP contribution is 2.18. The zero-order valence-electron chi connectivity index (χ0n) is 10.9. The van der Waals surface area contributed by atoms with Crippen molar-refractivity contribution < 1.29 is 4.74 Å². The minimum Gasteiger partial charge on any atom is -0.491 e. The fourth-order valence-electron chi connectivity index (χ4n) is 1.89. The Morgan fingerprint density at radius 2 is 1.94 bits per heavy atom. The summed E-state index contributed by atoms with van der Waals surface area (Å²) in [6.45, 7) is 5.25. The van der Waals surface area contributed by atoms with Crippen molar-refractivity contribution in [3.05, 3.63) is 29.8 Å². The van der Waals surface area contributed by atoms with E-state index in [1.807, 2.05) is 0 Å². The molecule has 0 radical (unpaired) electrons. The fourth-order valence-corrected chi connectivity index (χ4v) is 1.89. The molecule has 1 aliphatic rings. The molecule has 0 saturated heterocycles. The second-order valence-corrected chi connectivity index (χ2v) is 5.14. The lowest BCUT2D eigenvalue weighted by Crippen LogP contribution is -2.17.